The summed E-state index contributed by atoms with van der Waals surface area (Å²) in [6.07, 6.45) is 1.65. The number of nitrogens with zero attached hydrogens (tertiary/aromatic N) is 5. The molecule has 2 heterocycles. The van der Waals surface area contributed by atoms with Crippen LogP contribution in [0, 0.1) is 5.82 Å². The van der Waals surface area contributed by atoms with Crippen LogP contribution in [0.5, 0.6) is 0 Å². The van der Waals surface area contributed by atoms with Crippen molar-refractivity contribution in [3.63, 3.8) is 0 Å². The van der Waals surface area contributed by atoms with Gasteiger partial charge in [0.15, 0.2) is 11.6 Å². The number of piperazine rings is 1. The number of Topliss-reactive ketones (excluding diaryl/α,β-unsaturated/α-hetero) is 1. The average molecular weight is 392 g/mol. The highest BCUT2D eigenvalue weighted by atomic mass is 19.1. The second-order valence-corrected chi connectivity index (χ2v) is 6.85. The Morgan fingerprint density at radius 2 is 1.62 bits per heavy atom. The molecular formula is C21H21FN6O. The molecule has 1 aliphatic rings. The summed E-state index contributed by atoms with van der Waals surface area (Å²) in [5, 5.41) is 11.2. The summed E-state index contributed by atoms with van der Waals surface area (Å²) in [5.41, 5.74) is 2.46. The lowest BCUT2D eigenvalue weighted by molar-refractivity contribution is 0.101. The molecule has 148 valence electrons. The molecule has 8 heteroatoms. The maximum Gasteiger partial charge on any atom is 0.249 e. The molecule has 2 aromatic carbocycles. The van der Waals surface area contributed by atoms with Gasteiger partial charge in [0, 0.05) is 43.1 Å². The molecule has 0 radical (unpaired) electrons. The number of anilines is 4. The van der Waals surface area contributed by atoms with E-state index in [2.05, 4.69) is 30.3 Å². The predicted octanol–water partition coefficient (Wildman–Crippen LogP) is 3.28. The number of halogens is 1. The molecule has 1 fully saturated rings. The number of ketones is 1. The van der Waals surface area contributed by atoms with E-state index >= 15 is 0 Å². The lowest BCUT2D eigenvalue weighted by atomic mass is 10.1. The van der Waals surface area contributed by atoms with E-state index in [4.69, 9.17) is 0 Å². The van der Waals surface area contributed by atoms with E-state index in [0.29, 0.717) is 11.5 Å². The molecule has 4 rings (SSSR count). The van der Waals surface area contributed by atoms with Gasteiger partial charge in [-0.05, 0) is 55.5 Å². The maximum atomic E-state index is 13.1. The van der Waals surface area contributed by atoms with E-state index in [1.807, 2.05) is 12.1 Å². The average Bonchev–Trinajstić information content (AvgIpc) is 2.75. The Balaban J connectivity index is 1.40. The van der Waals surface area contributed by atoms with Crippen LogP contribution in [-0.2, 0) is 0 Å². The second-order valence-electron chi connectivity index (χ2n) is 6.85. The first-order chi connectivity index (χ1) is 14.1. The van der Waals surface area contributed by atoms with E-state index in [9.17, 15) is 9.18 Å². The number of aromatic nitrogens is 3. The van der Waals surface area contributed by atoms with E-state index in [1.54, 1.807) is 30.5 Å². The number of hydrogen-bond donors (Lipinski definition) is 1. The van der Waals surface area contributed by atoms with Crippen LogP contribution in [-0.4, -0.2) is 47.1 Å². The Bertz CT molecular complexity index is 985. The normalized spacial score (nSPS) is 14.0. The van der Waals surface area contributed by atoms with Crippen LogP contribution in [0.1, 0.15) is 17.3 Å². The van der Waals surface area contributed by atoms with Gasteiger partial charge >= 0.3 is 0 Å². The molecule has 0 unspecified atom stereocenters. The Morgan fingerprint density at radius 3 is 2.28 bits per heavy atom. The van der Waals surface area contributed by atoms with Gasteiger partial charge in [-0.25, -0.2) is 4.39 Å². The summed E-state index contributed by atoms with van der Waals surface area (Å²) < 4.78 is 13.1. The topological polar surface area (TPSA) is 74.2 Å². The fraction of sp³-hybridized carbons (Fsp3) is 0.238. The maximum absolute atomic E-state index is 13.1. The zero-order chi connectivity index (χ0) is 20.2. The molecule has 0 amide bonds. The molecule has 0 saturated carbocycles. The van der Waals surface area contributed by atoms with Gasteiger partial charge in [-0.3, -0.25) is 4.79 Å². The third kappa shape index (κ3) is 4.48. The summed E-state index contributed by atoms with van der Waals surface area (Å²) in [7, 11) is 0. The summed E-state index contributed by atoms with van der Waals surface area (Å²) in [4.78, 5) is 20.3. The first-order valence-corrected chi connectivity index (χ1v) is 9.42. The minimum absolute atomic E-state index is 0.0243. The van der Waals surface area contributed by atoms with Crippen molar-refractivity contribution in [3.8, 4) is 0 Å². The van der Waals surface area contributed by atoms with Crippen LogP contribution in [0.15, 0.2) is 54.7 Å². The monoisotopic (exact) mass is 392 g/mol. The van der Waals surface area contributed by atoms with Crippen LogP contribution in [0.3, 0.4) is 0 Å². The fourth-order valence-electron chi connectivity index (χ4n) is 3.26. The number of nitrogens with one attached hydrogen (secondary N) is 1. The third-order valence-corrected chi connectivity index (χ3v) is 4.89. The molecule has 1 N–H and O–H groups in total. The lowest BCUT2D eigenvalue weighted by Crippen LogP contribution is -2.46. The van der Waals surface area contributed by atoms with Crippen molar-refractivity contribution in [1.82, 2.24) is 15.2 Å². The standard InChI is InChI=1S/C21H21FN6O/c1-15(29)16-2-6-18(7-3-16)24-21-25-20(14-23-26-21)28-12-10-27(11-13-28)19-8-4-17(22)5-9-19/h2-9,14H,10-13H2,1H3,(H,24,25,26). The quantitative estimate of drug-likeness (QED) is 0.668. The molecule has 1 aliphatic heterocycles. The molecular weight excluding hydrogens is 371 g/mol. The van der Waals surface area contributed by atoms with Gasteiger partial charge in [0.1, 0.15) is 5.82 Å². The lowest BCUT2D eigenvalue weighted by Gasteiger charge is -2.36. The van der Waals surface area contributed by atoms with Crippen LogP contribution >= 0.6 is 0 Å². The molecule has 0 aliphatic carbocycles. The van der Waals surface area contributed by atoms with Gasteiger partial charge in [0.2, 0.25) is 5.95 Å². The third-order valence-electron chi connectivity index (χ3n) is 4.89. The molecule has 7 nitrogen and oxygen atoms in total. The highest BCUT2D eigenvalue weighted by molar-refractivity contribution is 5.94. The molecule has 3 aromatic rings. The van der Waals surface area contributed by atoms with Crippen molar-refractivity contribution in [2.75, 3.05) is 41.3 Å². The second kappa shape index (κ2) is 8.22. The smallest absolute Gasteiger partial charge is 0.249 e. The van der Waals surface area contributed by atoms with Crippen molar-refractivity contribution in [2.45, 2.75) is 6.92 Å². The van der Waals surface area contributed by atoms with Crippen LogP contribution in [0.25, 0.3) is 0 Å². The highest BCUT2D eigenvalue weighted by Gasteiger charge is 2.19. The fourth-order valence-corrected chi connectivity index (χ4v) is 3.26. The summed E-state index contributed by atoms with van der Waals surface area (Å²) in [5.74, 6) is 0.951. The Morgan fingerprint density at radius 1 is 0.966 bits per heavy atom. The Labute approximate surface area is 168 Å². The molecule has 1 saturated heterocycles. The molecule has 0 bridgehead atoms. The minimum atomic E-state index is -0.226. The number of benzene rings is 2. The summed E-state index contributed by atoms with van der Waals surface area (Å²) in [6.45, 7) is 4.72. The van der Waals surface area contributed by atoms with Crippen molar-refractivity contribution in [3.05, 3.63) is 66.1 Å². The Kier molecular flexibility index (Phi) is 5.33. The van der Waals surface area contributed by atoms with Crippen molar-refractivity contribution in [2.24, 2.45) is 0 Å². The van der Waals surface area contributed by atoms with E-state index in [1.165, 1.54) is 19.1 Å². The number of hydrogen-bond acceptors (Lipinski definition) is 7. The van der Waals surface area contributed by atoms with Crippen molar-refractivity contribution < 1.29 is 9.18 Å². The zero-order valence-electron chi connectivity index (χ0n) is 16.0. The van der Waals surface area contributed by atoms with Crippen LogP contribution in [0.2, 0.25) is 0 Å². The van der Waals surface area contributed by atoms with Gasteiger partial charge in [-0.2, -0.15) is 10.1 Å². The largest absolute Gasteiger partial charge is 0.368 e. The van der Waals surface area contributed by atoms with Crippen LogP contribution in [0.4, 0.5) is 27.5 Å². The number of carbonyl (C=O) groups excluding carboxylic acids is 1. The van der Waals surface area contributed by atoms with Gasteiger partial charge < -0.3 is 15.1 Å². The predicted molar refractivity (Wildman–Crippen MR) is 110 cm³/mol. The summed E-state index contributed by atoms with van der Waals surface area (Å²) in [6, 6.07) is 13.7. The molecule has 0 spiro atoms. The zero-order valence-corrected chi connectivity index (χ0v) is 16.0. The van der Waals surface area contributed by atoms with Gasteiger partial charge in [0.25, 0.3) is 0 Å². The van der Waals surface area contributed by atoms with Crippen LogP contribution < -0.4 is 15.1 Å². The van der Waals surface area contributed by atoms with E-state index in [-0.39, 0.29) is 11.6 Å². The first kappa shape index (κ1) is 18.8. The van der Waals surface area contributed by atoms with Crippen molar-refractivity contribution in [1.29, 1.82) is 0 Å². The first-order valence-electron chi connectivity index (χ1n) is 9.42. The molecule has 1 aromatic heterocycles. The van der Waals surface area contributed by atoms with E-state index < -0.39 is 0 Å². The van der Waals surface area contributed by atoms with E-state index in [0.717, 1.165) is 43.4 Å². The van der Waals surface area contributed by atoms with Crippen molar-refractivity contribution >= 4 is 28.9 Å². The SMILES string of the molecule is CC(=O)c1ccc(Nc2nncc(N3CCN(c4ccc(F)cc4)CC3)n2)cc1. The minimum Gasteiger partial charge on any atom is -0.368 e. The molecule has 29 heavy (non-hydrogen) atoms. The highest BCUT2D eigenvalue weighted by Crippen LogP contribution is 2.21. The number of rotatable bonds is 5. The summed E-state index contributed by atoms with van der Waals surface area (Å²) >= 11 is 0. The van der Waals surface area contributed by atoms with Gasteiger partial charge in [-0.15, -0.1) is 5.10 Å². The number of carbonyl (C=O) groups is 1. The molecule has 0 atom stereocenters. The Hall–Kier alpha value is -3.55. The van der Waals surface area contributed by atoms with Gasteiger partial charge in [-0.1, -0.05) is 0 Å². The van der Waals surface area contributed by atoms with Gasteiger partial charge in [0.05, 0.1) is 6.20 Å².